The fourth-order valence-electron chi connectivity index (χ4n) is 4.03. The molecule has 0 fully saturated rings. The number of aryl methyl sites for hydroxylation is 3. The van der Waals surface area contributed by atoms with E-state index in [-0.39, 0.29) is 22.3 Å². The first kappa shape index (κ1) is 24.1. The monoisotopic (exact) mass is 463 g/mol. The van der Waals surface area contributed by atoms with Gasteiger partial charge in [0, 0.05) is 11.6 Å². The van der Waals surface area contributed by atoms with Crippen LogP contribution in [0.2, 0.25) is 0 Å². The molecule has 0 aliphatic carbocycles. The number of nitrogens with one attached hydrogen (secondary N) is 2. The fourth-order valence-corrected chi connectivity index (χ4v) is 4.88. The number of hydrogen-bond donors (Lipinski definition) is 2. The number of nitrogens with zero attached hydrogens (tertiary/aromatic N) is 1. The molecule has 2 atom stereocenters. The van der Waals surface area contributed by atoms with Crippen molar-refractivity contribution in [3.8, 4) is 6.07 Å². The van der Waals surface area contributed by atoms with Gasteiger partial charge in [-0.25, -0.2) is 0 Å². The Morgan fingerprint density at radius 2 is 1.79 bits per heavy atom. The molecular weight excluding hydrogens is 438 g/mol. The summed E-state index contributed by atoms with van der Waals surface area (Å²) in [7, 11) is 1.21. The maximum Gasteiger partial charge on any atom is 0.319 e. The van der Waals surface area contributed by atoms with Crippen LogP contribution in [0.3, 0.4) is 0 Å². The van der Waals surface area contributed by atoms with Crippen molar-refractivity contribution in [2.45, 2.75) is 26.7 Å². The molecule has 0 saturated carbocycles. The number of carbonyl (C=O) groups excluding carboxylic acids is 3. The Morgan fingerprint density at radius 1 is 1.15 bits per heavy atom. The lowest BCUT2D eigenvalue weighted by atomic mass is 9.78. The van der Waals surface area contributed by atoms with Crippen molar-refractivity contribution in [2.75, 3.05) is 18.2 Å². The van der Waals surface area contributed by atoms with E-state index in [0.29, 0.717) is 5.56 Å². The summed E-state index contributed by atoms with van der Waals surface area (Å²) in [4.78, 5) is 37.9. The first-order chi connectivity index (χ1) is 15.8. The number of anilines is 1. The molecule has 1 aliphatic heterocycles. The van der Waals surface area contributed by atoms with Gasteiger partial charge in [0.25, 0.3) is 0 Å². The highest BCUT2D eigenvalue weighted by atomic mass is 32.2. The number of esters is 1. The Bertz CT molecular complexity index is 1140. The molecule has 33 heavy (non-hydrogen) atoms. The molecule has 0 saturated heterocycles. The van der Waals surface area contributed by atoms with Gasteiger partial charge in [-0.1, -0.05) is 59.8 Å². The van der Waals surface area contributed by atoms with E-state index in [1.165, 1.54) is 7.11 Å². The molecule has 2 N–H and O–H groups in total. The number of allylic oxidation sites excluding steroid dienone is 1. The number of rotatable bonds is 6. The van der Waals surface area contributed by atoms with E-state index < -0.39 is 23.7 Å². The Labute approximate surface area is 197 Å². The summed E-state index contributed by atoms with van der Waals surface area (Å²) in [6, 6.07) is 15.0. The molecule has 2 aromatic carbocycles. The van der Waals surface area contributed by atoms with Crippen LogP contribution in [0.15, 0.2) is 53.1 Å². The number of amides is 2. The largest absolute Gasteiger partial charge is 0.468 e. The summed E-state index contributed by atoms with van der Waals surface area (Å²) in [5.74, 6) is -3.56. The van der Waals surface area contributed by atoms with Crippen LogP contribution < -0.4 is 10.6 Å². The Balaban J connectivity index is 1.88. The van der Waals surface area contributed by atoms with Crippen molar-refractivity contribution in [3.63, 3.8) is 0 Å². The average molecular weight is 464 g/mol. The van der Waals surface area contributed by atoms with Gasteiger partial charge in [-0.15, -0.1) is 0 Å². The number of hydrogen-bond acceptors (Lipinski definition) is 6. The van der Waals surface area contributed by atoms with E-state index in [4.69, 9.17) is 4.74 Å². The van der Waals surface area contributed by atoms with Crippen LogP contribution >= 0.6 is 11.8 Å². The van der Waals surface area contributed by atoms with Gasteiger partial charge >= 0.3 is 5.97 Å². The van der Waals surface area contributed by atoms with E-state index in [9.17, 15) is 19.6 Å². The molecule has 170 valence electrons. The quantitative estimate of drug-likeness (QED) is 0.499. The molecule has 1 aliphatic rings. The molecule has 0 radical (unpaired) electrons. The van der Waals surface area contributed by atoms with Crippen molar-refractivity contribution >= 4 is 35.2 Å². The standard InChI is InChI=1S/C25H25N3O4S/c1-14-10-15(2)22(16(3)11-14)27-19(29)13-33-24-18(12-26)20(17-8-6-5-7-9-17)21(23(30)28-24)25(31)32-4/h5-11,20-21H,13H2,1-4H3,(H,27,29)(H,28,30)/t20-,21-/m0/s1. The van der Waals surface area contributed by atoms with Gasteiger partial charge in [0.15, 0.2) is 0 Å². The molecule has 3 rings (SSSR count). The lowest BCUT2D eigenvalue weighted by molar-refractivity contribution is -0.150. The molecule has 8 heteroatoms. The van der Waals surface area contributed by atoms with Gasteiger partial charge in [0.1, 0.15) is 5.92 Å². The fraction of sp³-hybridized carbons (Fsp3) is 0.280. The Hall–Kier alpha value is -3.57. The number of methoxy groups -OCH3 is 1. The Morgan fingerprint density at radius 3 is 2.36 bits per heavy atom. The minimum atomic E-state index is -1.19. The SMILES string of the molecule is COC(=O)[C@@H]1C(=O)NC(SCC(=O)Nc2c(C)cc(C)cc2C)=C(C#N)[C@@H]1c1ccccc1. The third kappa shape index (κ3) is 5.26. The van der Waals surface area contributed by atoms with Crippen LogP contribution in [-0.2, 0) is 19.1 Å². The zero-order valence-electron chi connectivity index (χ0n) is 18.9. The van der Waals surface area contributed by atoms with Crippen LogP contribution in [-0.4, -0.2) is 30.6 Å². The second-order valence-corrected chi connectivity index (χ2v) is 8.83. The zero-order chi connectivity index (χ0) is 24.1. The second kappa shape index (κ2) is 10.4. The highest BCUT2D eigenvalue weighted by Crippen LogP contribution is 2.40. The summed E-state index contributed by atoms with van der Waals surface area (Å²) in [5, 5.41) is 15.7. The first-order valence-corrected chi connectivity index (χ1v) is 11.3. The van der Waals surface area contributed by atoms with E-state index in [2.05, 4.69) is 16.7 Å². The van der Waals surface area contributed by atoms with Crippen molar-refractivity contribution in [1.82, 2.24) is 5.32 Å². The minimum Gasteiger partial charge on any atom is -0.468 e. The maximum absolute atomic E-state index is 12.8. The second-order valence-electron chi connectivity index (χ2n) is 7.84. The van der Waals surface area contributed by atoms with Gasteiger partial charge in [0.2, 0.25) is 11.8 Å². The van der Waals surface area contributed by atoms with Crippen LogP contribution in [0.25, 0.3) is 0 Å². The van der Waals surface area contributed by atoms with Crippen molar-refractivity contribution in [3.05, 3.63) is 75.3 Å². The predicted octanol–water partition coefficient (Wildman–Crippen LogP) is 3.72. The molecule has 0 bridgehead atoms. The summed E-state index contributed by atoms with van der Waals surface area (Å²) in [5.41, 5.74) is 4.64. The lowest BCUT2D eigenvalue weighted by Gasteiger charge is -2.30. The number of benzene rings is 2. The van der Waals surface area contributed by atoms with Gasteiger partial charge in [0.05, 0.1) is 29.5 Å². The summed E-state index contributed by atoms with van der Waals surface area (Å²) in [6.45, 7) is 5.85. The van der Waals surface area contributed by atoms with Crippen molar-refractivity contribution in [1.29, 1.82) is 5.26 Å². The summed E-state index contributed by atoms with van der Waals surface area (Å²) >= 11 is 1.06. The molecule has 7 nitrogen and oxygen atoms in total. The zero-order valence-corrected chi connectivity index (χ0v) is 19.7. The number of nitriles is 1. The predicted molar refractivity (Wildman–Crippen MR) is 127 cm³/mol. The smallest absolute Gasteiger partial charge is 0.319 e. The van der Waals surface area contributed by atoms with E-state index in [1.54, 1.807) is 24.3 Å². The highest BCUT2D eigenvalue weighted by Gasteiger charge is 2.44. The summed E-state index contributed by atoms with van der Waals surface area (Å²) < 4.78 is 4.83. The number of carbonyl (C=O) groups is 3. The van der Waals surface area contributed by atoms with Gasteiger partial charge < -0.3 is 15.4 Å². The van der Waals surface area contributed by atoms with Gasteiger partial charge in [-0.3, -0.25) is 14.4 Å². The first-order valence-electron chi connectivity index (χ1n) is 10.3. The maximum atomic E-state index is 12.8. The van der Waals surface area contributed by atoms with E-state index in [0.717, 1.165) is 34.1 Å². The molecule has 2 aromatic rings. The molecule has 0 aromatic heterocycles. The molecule has 1 heterocycles. The number of ether oxygens (including phenoxy) is 1. The molecular formula is C25H25N3O4S. The van der Waals surface area contributed by atoms with Crippen molar-refractivity contribution in [2.24, 2.45) is 5.92 Å². The van der Waals surface area contributed by atoms with Gasteiger partial charge in [-0.2, -0.15) is 5.26 Å². The number of thioether (sulfide) groups is 1. The van der Waals surface area contributed by atoms with Crippen molar-refractivity contribution < 1.29 is 19.1 Å². The van der Waals surface area contributed by atoms with E-state index in [1.807, 2.05) is 39.0 Å². The topological polar surface area (TPSA) is 108 Å². The third-order valence-corrected chi connectivity index (χ3v) is 6.45. The Kier molecular flexibility index (Phi) is 7.56. The van der Waals surface area contributed by atoms with Crippen LogP contribution in [0.4, 0.5) is 5.69 Å². The van der Waals surface area contributed by atoms with Crippen LogP contribution in [0, 0.1) is 38.0 Å². The van der Waals surface area contributed by atoms with Crippen LogP contribution in [0.5, 0.6) is 0 Å². The lowest BCUT2D eigenvalue weighted by Crippen LogP contribution is -2.44. The molecule has 0 spiro atoms. The van der Waals surface area contributed by atoms with Crippen LogP contribution in [0.1, 0.15) is 28.2 Å². The summed E-state index contributed by atoms with van der Waals surface area (Å²) in [6.07, 6.45) is 0. The normalized spacial score (nSPS) is 17.7. The molecule has 0 unspecified atom stereocenters. The van der Waals surface area contributed by atoms with Gasteiger partial charge in [-0.05, 0) is 37.5 Å². The van der Waals surface area contributed by atoms with E-state index >= 15 is 0 Å². The average Bonchev–Trinajstić information content (AvgIpc) is 2.79. The highest BCUT2D eigenvalue weighted by molar-refractivity contribution is 8.03. The minimum absolute atomic E-state index is 0.0159. The third-order valence-electron chi connectivity index (χ3n) is 5.43. The molecule has 2 amide bonds.